The average Bonchev–Trinajstić information content (AvgIpc) is 2.94. The molecule has 0 bridgehead atoms. The fourth-order valence-corrected chi connectivity index (χ4v) is 3.97. The second kappa shape index (κ2) is 6.04. The third-order valence-electron chi connectivity index (χ3n) is 5.10. The monoisotopic (exact) mass is 303 g/mol. The van der Waals surface area contributed by atoms with E-state index in [9.17, 15) is 4.79 Å². The van der Waals surface area contributed by atoms with Crippen LogP contribution in [-0.2, 0) is 4.79 Å². The summed E-state index contributed by atoms with van der Waals surface area (Å²) in [6.45, 7) is 0.863. The largest absolute Gasteiger partial charge is 0.331 e. The highest BCUT2D eigenvalue weighted by atomic mass is 16.2. The molecule has 2 heteroatoms. The van der Waals surface area contributed by atoms with Crippen molar-refractivity contribution in [2.45, 2.75) is 18.9 Å². The molecule has 2 unspecified atom stereocenters. The maximum Gasteiger partial charge on any atom is 0.230 e. The molecular formula is C21H21NO. The first-order valence-corrected chi connectivity index (χ1v) is 8.41. The Balaban J connectivity index is 1.75. The van der Waals surface area contributed by atoms with E-state index in [-0.39, 0.29) is 17.9 Å². The molecule has 0 N–H and O–H groups in total. The molecular weight excluding hydrogens is 282 g/mol. The van der Waals surface area contributed by atoms with Crippen LogP contribution in [0, 0.1) is 11.8 Å². The van der Waals surface area contributed by atoms with Gasteiger partial charge in [0.25, 0.3) is 0 Å². The van der Waals surface area contributed by atoms with Crippen LogP contribution in [0.25, 0.3) is 0 Å². The summed E-state index contributed by atoms with van der Waals surface area (Å²) in [5.41, 5.74) is 2.38. The molecule has 2 aliphatic rings. The zero-order valence-electron chi connectivity index (χ0n) is 13.1. The molecule has 0 aromatic heterocycles. The molecule has 2 atom stereocenters. The predicted molar refractivity (Wildman–Crippen MR) is 91.8 cm³/mol. The van der Waals surface area contributed by atoms with Gasteiger partial charge >= 0.3 is 0 Å². The summed E-state index contributed by atoms with van der Waals surface area (Å²) in [6.07, 6.45) is 6.52. The van der Waals surface area contributed by atoms with Crippen LogP contribution in [0.4, 0.5) is 0 Å². The van der Waals surface area contributed by atoms with Gasteiger partial charge in [0, 0.05) is 6.54 Å². The number of fused-ring (bicyclic) bond motifs is 1. The number of carbonyl (C=O) groups is 1. The summed E-state index contributed by atoms with van der Waals surface area (Å²) < 4.78 is 0. The normalized spacial score (nSPS) is 23.3. The molecule has 2 aromatic rings. The molecule has 1 aliphatic carbocycles. The van der Waals surface area contributed by atoms with Crippen LogP contribution >= 0.6 is 0 Å². The lowest BCUT2D eigenvalue weighted by molar-refractivity contribution is -0.131. The molecule has 2 aromatic carbocycles. The Labute approximate surface area is 137 Å². The average molecular weight is 303 g/mol. The van der Waals surface area contributed by atoms with Crippen LogP contribution in [0.2, 0.25) is 0 Å². The van der Waals surface area contributed by atoms with Crippen LogP contribution in [0.5, 0.6) is 0 Å². The van der Waals surface area contributed by atoms with Crippen molar-refractivity contribution in [2.75, 3.05) is 6.54 Å². The topological polar surface area (TPSA) is 20.3 Å². The van der Waals surface area contributed by atoms with Crippen LogP contribution in [0.15, 0.2) is 72.8 Å². The molecule has 1 saturated heterocycles. The van der Waals surface area contributed by atoms with E-state index in [1.165, 1.54) is 11.1 Å². The van der Waals surface area contributed by atoms with E-state index >= 15 is 0 Å². The van der Waals surface area contributed by atoms with Crippen molar-refractivity contribution in [1.82, 2.24) is 4.90 Å². The second-order valence-electron chi connectivity index (χ2n) is 6.51. The van der Waals surface area contributed by atoms with Gasteiger partial charge in [0.1, 0.15) is 0 Å². The summed E-state index contributed by atoms with van der Waals surface area (Å²) in [7, 11) is 0. The van der Waals surface area contributed by atoms with Gasteiger partial charge in [-0.05, 0) is 29.9 Å². The predicted octanol–water partition coefficient (Wildman–Crippen LogP) is 4.20. The van der Waals surface area contributed by atoms with Gasteiger partial charge in [-0.2, -0.15) is 0 Å². The molecule has 0 radical (unpaired) electrons. The lowest BCUT2D eigenvalue weighted by atomic mass is 9.87. The summed E-state index contributed by atoms with van der Waals surface area (Å²) in [6, 6.07) is 20.8. The number of carbonyl (C=O) groups excluding carboxylic acids is 1. The molecule has 1 amide bonds. The minimum atomic E-state index is 0.0175. The van der Waals surface area contributed by atoms with Crippen molar-refractivity contribution < 1.29 is 4.79 Å². The first kappa shape index (κ1) is 14.3. The highest BCUT2D eigenvalue weighted by Crippen LogP contribution is 2.40. The first-order chi connectivity index (χ1) is 11.3. The number of benzene rings is 2. The van der Waals surface area contributed by atoms with E-state index in [1.54, 1.807) is 0 Å². The molecule has 116 valence electrons. The maximum absolute atomic E-state index is 13.0. The van der Waals surface area contributed by atoms with Gasteiger partial charge in [0.05, 0.1) is 12.0 Å². The van der Waals surface area contributed by atoms with Crippen molar-refractivity contribution in [3.63, 3.8) is 0 Å². The highest BCUT2D eigenvalue weighted by molar-refractivity contribution is 5.84. The molecule has 1 heterocycles. The van der Waals surface area contributed by atoms with Crippen molar-refractivity contribution >= 4 is 5.91 Å². The molecule has 1 fully saturated rings. The van der Waals surface area contributed by atoms with Crippen LogP contribution in [0.1, 0.15) is 30.0 Å². The molecule has 1 aliphatic heterocycles. The zero-order chi connectivity index (χ0) is 15.6. The van der Waals surface area contributed by atoms with E-state index in [1.807, 2.05) is 12.1 Å². The lowest BCUT2D eigenvalue weighted by Crippen LogP contribution is -2.32. The summed E-state index contributed by atoms with van der Waals surface area (Å²) in [5.74, 6) is 0.838. The van der Waals surface area contributed by atoms with E-state index in [0.29, 0.717) is 5.92 Å². The molecule has 0 spiro atoms. The Morgan fingerprint density at radius 3 is 2.09 bits per heavy atom. The fraction of sp³-hybridized carbons (Fsp3) is 0.286. The Kier molecular flexibility index (Phi) is 3.74. The number of amides is 1. The summed E-state index contributed by atoms with van der Waals surface area (Å²) in [4.78, 5) is 15.1. The van der Waals surface area contributed by atoms with Gasteiger partial charge in [-0.25, -0.2) is 0 Å². The molecule has 0 saturated carbocycles. The van der Waals surface area contributed by atoms with Gasteiger partial charge in [0.15, 0.2) is 0 Å². The van der Waals surface area contributed by atoms with Crippen molar-refractivity contribution in [3.05, 3.63) is 83.9 Å². The Morgan fingerprint density at radius 1 is 0.913 bits per heavy atom. The molecule has 2 nitrogen and oxygen atoms in total. The Hall–Kier alpha value is -2.35. The highest BCUT2D eigenvalue weighted by Gasteiger charge is 2.42. The number of nitrogens with zero attached hydrogens (tertiary/aromatic N) is 1. The minimum absolute atomic E-state index is 0.0175. The quantitative estimate of drug-likeness (QED) is 0.778. The van der Waals surface area contributed by atoms with Crippen molar-refractivity contribution in [2.24, 2.45) is 11.8 Å². The first-order valence-electron chi connectivity index (χ1n) is 8.41. The van der Waals surface area contributed by atoms with E-state index < -0.39 is 0 Å². The number of allylic oxidation sites excluding steroid dienone is 1. The van der Waals surface area contributed by atoms with Crippen LogP contribution in [0.3, 0.4) is 0 Å². The van der Waals surface area contributed by atoms with Gasteiger partial charge in [-0.3, -0.25) is 4.79 Å². The van der Waals surface area contributed by atoms with E-state index in [0.717, 1.165) is 19.4 Å². The molecule has 4 rings (SSSR count). The summed E-state index contributed by atoms with van der Waals surface area (Å²) >= 11 is 0. The van der Waals surface area contributed by atoms with E-state index in [4.69, 9.17) is 0 Å². The van der Waals surface area contributed by atoms with Crippen molar-refractivity contribution in [1.29, 1.82) is 0 Å². The van der Waals surface area contributed by atoms with Gasteiger partial charge in [0.2, 0.25) is 5.91 Å². The lowest BCUT2D eigenvalue weighted by Gasteiger charge is -2.29. The second-order valence-corrected chi connectivity index (χ2v) is 6.51. The third kappa shape index (κ3) is 2.59. The maximum atomic E-state index is 13.0. The van der Waals surface area contributed by atoms with Crippen LogP contribution in [-0.4, -0.2) is 17.4 Å². The number of rotatable bonds is 3. The van der Waals surface area contributed by atoms with Crippen molar-refractivity contribution in [3.8, 4) is 0 Å². The zero-order valence-corrected chi connectivity index (χ0v) is 13.1. The van der Waals surface area contributed by atoms with Gasteiger partial charge < -0.3 is 4.90 Å². The number of hydrogen-bond acceptors (Lipinski definition) is 1. The Morgan fingerprint density at radius 2 is 1.52 bits per heavy atom. The Bertz CT molecular complexity index is 668. The van der Waals surface area contributed by atoms with E-state index in [2.05, 4.69) is 65.6 Å². The fourth-order valence-electron chi connectivity index (χ4n) is 3.97. The standard InChI is InChI=1S/C21H21NO/c23-21-19-14-8-7-13-18(19)15-22(21)20(16-9-3-1-4-10-16)17-11-5-2-6-12-17/h1-6,8-12,14,18-20H,7,13,15H2. The SMILES string of the molecule is O=C1C2C=CCCC2CN1C(c1ccccc1)c1ccccc1. The molecule has 23 heavy (non-hydrogen) atoms. The van der Waals surface area contributed by atoms with Gasteiger partial charge in [-0.15, -0.1) is 0 Å². The number of likely N-dealkylation sites (tertiary alicyclic amines) is 1. The minimum Gasteiger partial charge on any atom is -0.331 e. The van der Waals surface area contributed by atoms with Crippen LogP contribution < -0.4 is 0 Å². The smallest absolute Gasteiger partial charge is 0.230 e. The number of hydrogen-bond donors (Lipinski definition) is 0. The van der Waals surface area contributed by atoms with Gasteiger partial charge in [-0.1, -0.05) is 72.8 Å². The third-order valence-corrected chi connectivity index (χ3v) is 5.10. The summed E-state index contributed by atoms with van der Waals surface area (Å²) in [5, 5.41) is 0.